The third-order valence-electron chi connectivity index (χ3n) is 3.30. The number of carbonyl (C=O) groups is 1. The largest absolute Gasteiger partial charge is 0.491 e. The number of nitrogens with two attached hydrogens (primary N) is 1. The number of primary amides is 1. The number of nitrogens with one attached hydrogen (secondary N) is 1. The van der Waals surface area contributed by atoms with Crippen LogP contribution in [0.25, 0.3) is 0 Å². The minimum Gasteiger partial charge on any atom is -0.491 e. The zero-order valence-corrected chi connectivity index (χ0v) is 12.2. The van der Waals surface area contributed by atoms with E-state index in [1.54, 1.807) is 14.0 Å². The lowest BCUT2D eigenvalue weighted by molar-refractivity contribution is -0.124. The van der Waals surface area contributed by atoms with E-state index in [4.69, 9.17) is 15.2 Å². The van der Waals surface area contributed by atoms with Crippen molar-refractivity contribution in [2.45, 2.75) is 25.3 Å². The average Bonchev–Trinajstić information content (AvgIpc) is 2.46. The molecule has 0 saturated heterocycles. The van der Waals surface area contributed by atoms with Crippen LogP contribution in [0.5, 0.6) is 5.75 Å². The Morgan fingerprint density at radius 3 is 2.55 bits per heavy atom. The fourth-order valence-corrected chi connectivity index (χ4v) is 1.74. The summed E-state index contributed by atoms with van der Waals surface area (Å²) in [5, 5.41) is 2.95. The first-order valence-electron chi connectivity index (χ1n) is 6.83. The van der Waals surface area contributed by atoms with Crippen LogP contribution in [0.2, 0.25) is 0 Å². The van der Waals surface area contributed by atoms with Gasteiger partial charge in [0.1, 0.15) is 12.4 Å². The summed E-state index contributed by atoms with van der Waals surface area (Å²) in [5.41, 5.74) is 4.68. The van der Waals surface area contributed by atoms with Gasteiger partial charge < -0.3 is 20.5 Å². The van der Waals surface area contributed by atoms with Crippen molar-refractivity contribution in [1.82, 2.24) is 5.32 Å². The molecule has 1 atom stereocenters. The molecule has 5 nitrogen and oxygen atoms in total. The molecule has 0 aromatic heterocycles. The molecule has 112 valence electrons. The summed E-state index contributed by atoms with van der Waals surface area (Å²) >= 11 is 0. The highest BCUT2D eigenvalue weighted by Gasteiger charge is 2.27. The van der Waals surface area contributed by atoms with Gasteiger partial charge in [-0.2, -0.15) is 0 Å². The fraction of sp³-hybridized carbons (Fsp3) is 0.533. The van der Waals surface area contributed by atoms with Crippen LogP contribution >= 0.6 is 0 Å². The Bertz CT molecular complexity index is 397. The Kier molecular flexibility index (Phi) is 7.04. The number of rotatable bonds is 10. The molecule has 0 heterocycles. The summed E-state index contributed by atoms with van der Waals surface area (Å²) in [4.78, 5) is 11.3. The number of ether oxygens (including phenoxy) is 2. The maximum absolute atomic E-state index is 11.3. The molecule has 20 heavy (non-hydrogen) atoms. The first-order chi connectivity index (χ1) is 9.58. The topological polar surface area (TPSA) is 73.6 Å². The van der Waals surface area contributed by atoms with Crippen LogP contribution in [0, 0.1) is 0 Å². The van der Waals surface area contributed by atoms with Crippen molar-refractivity contribution in [2.24, 2.45) is 5.73 Å². The molecule has 0 saturated carbocycles. The molecule has 0 radical (unpaired) electrons. The van der Waals surface area contributed by atoms with Crippen molar-refractivity contribution in [3.8, 4) is 5.75 Å². The predicted octanol–water partition coefficient (Wildman–Crippen LogP) is 1.33. The van der Waals surface area contributed by atoms with Gasteiger partial charge in [0.15, 0.2) is 0 Å². The van der Waals surface area contributed by atoms with Gasteiger partial charge in [0.05, 0.1) is 12.1 Å². The van der Waals surface area contributed by atoms with E-state index in [-0.39, 0.29) is 5.91 Å². The molecule has 0 fully saturated rings. The zero-order valence-electron chi connectivity index (χ0n) is 12.2. The normalized spacial score (nSPS) is 13.7. The van der Waals surface area contributed by atoms with Gasteiger partial charge in [-0.25, -0.2) is 0 Å². The second-order valence-electron chi connectivity index (χ2n) is 4.82. The molecule has 0 aliphatic carbocycles. The van der Waals surface area contributed by atoms with E-state index in [0.717, 1.165) is 12.2 Å². The third kappa shape index (κ3) is 5.59. The van der Waals surface area contributed by atoms with Gasteiger partial charge in [0.2, 0.25) is 5.91 Å². The van der Waals surface area contributed by atoms with Gasteiger partial charge in [-0.1, -0.05) is 18.2 Å². The molecule has 1 unspecified atom stereocenters. The summed E-state index contributed by atoms with van der Waals surface area (Å²) < 4.78 is 11.0. The summed E-state index contributed by atoms with van der Waals surface area (Å²) in [7, 11) is 1.74. The van der Waals surface area contributed by atoms with Crippen LogP contribution in [0.3, 0.4) is 0 Å². The van der Waals surface area contributed by atoms with Crippen LogP contribution in [0.1, 0.15) is 19.8 Å². The van der Waals surface area contributed by atoms with Crippen molar-refractivity contribution in [1.29, 1.82) is 0 Å². The quantitative estimate of drug-likeness (QED) is 0.634. The lowest BCUT2D eigenvalue weighted by Gasteiger charge is -2.25. The Morgan fingerprint density at radius 1 is 1.25 bits per heavy atom. The lowest BCUT2D eigenvalue weighted by Crippen LogP contribution is -2.51. The Labute approximate surface area is 120 Å². The molecule has 1 rings (SSSR count). The number of hydrogen-bond donors (Lipinski definition) is 2. The summed E-state index contributed by atoms with van der Waals surface area (Å²) in [6, 6.07) is 9.62. The molecule has 5 heteroatoms. The van der Waals surface area contributed by atoms with Crippen LogP contribution < -0.4 is 15.8 Å². The maximum atomic E-state index is 11.3. The van der Waals surface area contributed by atoms with Crippen molar-refractivity contribution in [2.75, 3.05) is 26.9 Å². The molecule has 1 aromatic carbocycles. The smallest absolute Gasteiger partial charge is 0.237 e. The second kappa shape index (κ2) is 8.55. The number of carbonyl (C=O) groups excluding carboxylic acids is 1. The highest BCUT2D eigenvalue weighted by molar-refractivity contribution is 5.84. The fourth-order valence-electron chi connectivity index (χ4n) is 1.74. The van der Waals surface area contributed by atoms with E-state index in [1.807, 2.05) is 30.3 Å². The molecule has 0 spiro atoms. The van der Waals surface area contributed by atoms with E-state index < -0.39 is 5.54 Å². The second-order valence-corrected chi connectivity index (χ2v) is 4.82. The maximum Gasteiger partial charge on any atom is 0.237 e. The van der Waals surface area contributed by atoms with Gasteiger partial charge in [-0.05, 0) is 38.9 Å². The standard InChI is InChI=1S/C15H24N2O3/c1-15(17-2,14(16)18)9-6-10-19-11-12-20-13-7-4-3-5-8-13/h3-5,7-8,17H,6,9-12H2,1-2H3,(H2,16,18). The van der Waals surface area contributed by atoms with E-state index in [9.17, 15) is 4.79 Å². The highest BCUT2D eigenvalue weighted by Crippen LogP contribution is 2.11. The van der Waals surface area contributed by atoms with Crippen LogP contribution in [0.15, 0.2) is 30.3 Å². The summed E-state index contributed by atoms with van der Waals surface area (Å²) in [6.07, 6.45) is 1.42. The van der Waals surface area contributed by atoms with Crippen molar-refractivity contribution < 1.29 is 14.3 Å². The van der Waals surface area contributed by atoms with Gasteiger partial charge in [0.25, 0.3) is 0 Å². The Balaban J connectivity index is 2.07. The lowest BCUT2D eigenvalue weighted by atomic mass is 9.95. The van der Waals surface area contributed by atoms with Crippen LogP contribution in [-0.2, 0) is 9.53 Å². The Morgan fingerprint density at radius 2 is 1.95 bits per heavy atom. The molecule has 0 bridgehead atoms. The highest BCUT2D eigenvalue weighted by atomic mass is 16.5. The summed E-state index contributed by atoms with van der Waals surface area (Å²) in [5.74, 6) is 0.500. The van der Waals surface area contributed by atoms with E-state index in [1.165, 1.54) is 0 Å². The molecule has 0 aliphatic rings. The third-order valence-corrected chi connectivity index (χ3v) is 3.30. The van der Waals surface area contributed by atoms with Crippen molar-refractivity contribution >= 4 is 5.91 Å². The molecule has 1 aromatic rings. The van der Waals surface area contributed by atoms with Crippen molar-refractivity contribution in [3.63, 3.8) is 0 Å². The molecular weight excluding hydrogens is 256 g/mol. The molecule has 0 aliphatic heterocycles. The van der Waals surface area contributed by atoms with E-state index in [0.29, 0.717) is 26.2 Å². The monoisotopic (exact) mass is 280 g/mol. The number of amides is 1. The first kappa shape index (κ1) is 16.5. The average molecular weight is 280 g/mol. The molecule has 3 N–H and O–H groups in total. The van der Waals surface area contributed by atoms with Gasteiger partial charge in [-0.3, -0.25) is 4.79 Å². The van der Waals surface area contributed by atoms with Gasteiger partial charge in [-0.15, -0.1) is 0 Å². The van der Waals surface area contributed by atoms with Crippen LogP contribution in [0.4, 0.5) is 0 Å². The van der Waals surface area contributed by atoms with Crippen LogP contribution in [-0.4, -0.2) is 38.3 Å². The van der Waals surface area contributed by atoms with E-state index in [2.05, 4.69) is 5.32 Å². The zero-order chi connectivity index (χ0) is 14.8. The van der Waals surface area contributed by atoms with Gasteiger partial charge >= 0.3 is 0 Å². The molecule has 1 amide bonds. The van der Waals surface area contributed by atoms with Crippen molar-refractivity contribution in [3.05, 3.63) is 30.3 Å². The first-order valence-corrected chi connectivity index (χ1v) is 6.83. The summed E-state index contributed by atoms with van der Waals surface area (Å²) in [6.45, 7) is 3.43. The minimum atomic E-state index is -0.663. The number of hydrogen-bond acceptors (Lipinski definition) is 4. The molecular formula is C15H24N2O3. The predicted molar refractivity (Wildman–Crippen MR) is 78.6 cm³/mol. The minimum absolute atomic E-state index is 0.340. The number of para-hydroxylation sites is 1. The number of benzene rings is 1. The van der Waals surface area contributed by atoms with Gasteiger partial charge in [0, 0.05) is 6.61 Å². The number of likely N-dealkylation sites (N-methyl/N-ethyl adjacent to an activating group) is 1. The Hall–Kier alpha value is -1.59. The van der Waals surface area contributed by atoms with E-state index >= 15 is 0 Å². The SMILES string of the molecule is CNC(C)(CCCOCCOc1ccccc1)C(N)=O.